The molecule has 2 atom stereocenters. The van der Waals surface area contributed by atoms with E-state index in [0.29, 0.717) is 17.4 Å². The van der Waals surface area contributed by atoms with Crippen LogP contribution in [0.4, 0.5) is 4.79 Å². The van der Waals surface area contributed by atoms with Gasteiger partial charge in [0.2, 0.25) is 0 Å². The zero-order chi connectivity index (χ0) is 17.0. The van der Waals surface area contributed by atoms with Crippen LogP contribution in [0, 0.1) is 11.3 Å². The molecule has 0 aliphatic heterocycles. The third kappa shape index (κ3) is 6.55. The highest BCUT2D eigenvalue weighted by molar-refractivity contribution is 5.67. The lowest BCUT2D eigenvalue weighted by Crippen LogP contribution is -2.47. The van der Waals surface area contributed by atoms with Crippen molar-refractivity contribution in [1.29, 1.82) is 0 Å². The van der Waals surface area contributed by atoms with Gasteiger partial charge in [-0.2, -0.15) is 0 Å². The standard InChI is InChI=1S/C18H36N2O2/c1-14(13-20(7)16(21)22-17(2,3)4)12-19-15-10-8-9-11-18(15,5)6/h14-15,19H,8-13H2,1-7H3. The van der Waals surface area contributed by atoms with Crippen molar-refractivity contribution in [3.8, 4) is 0 Å². The summed E-state index contributed by atoms with van der Waals surface area (Å²) in [6, 6.07) is 0.593. The SMILES string of the molecule is CC(CNC1CCCCC1(C)C)CN(C)C(=O)OC(C)(C)C. The molecule has 0 radical (unpaired) electrons. The molecule has 1 aliphatic rings. The Balaban J connectivity index is 2.36. The smallest absolute Gasteiger partial charge is 0.410 e. The van der Waals surface area contributed by atoms with Gasteiger partial charge in [0.15, 0.2) is 0 Å². The molecule has 130 valence electrons. The first-order valence-electron chi connectivity index (χ1n) is 8.69. The highest BCUT2D eigenvalue weighted by atomic mass is 16.6. The summed E-state index contributed by atoms with van der Waals surface area (Å²) in [5.41, 5.74) is -0.0476. The van der Waals surface area contributed by atoms with E-state index >= 15 is 0 Å². The first-order chi connectivity index (χ1) is 10.0. The number of hydrogen-bond donors (Lipinski definition) is 1. The minimum atomic E-state index is -0.432. The second-order valence-corrected chi connectivity index (χ2v) is 8.66. The summed E-state index contributed by atoms with van der Waals surface area (Å²) in [4.78, 5) is 13.7. The summed E-state index contributed by atoms with van der Waals surface area (Å²) in [5, 5.41) is 3.73. The number of rotatable bonds is 5. The molecule has 0 aromatic heterocycles. The van der Waals surface area contributed by atoms with E-state index in [9.17, 15) is 4.79 Å². The van der Waals surface area contributed by atoms with Crippen molar-refractivity contribution in [2.75, 3.05) is 20.1 Å². The molecule has 4 heteroatoms. The van der Waals surface area contributed by atoms with Gasteiger partial charge in [-0.3, -0.25) is 0 Å². The molecule has 1 fully saturated rings. The fourth-order valence-electron chi connectivity index (χ4n) is 3.16. The average Bonchev–Trinajstić information content (AvgIpc) is 2.34. The van der Waals surface area contributed by atoms with Crippen molar-refractivity contribution in [1.82, 2.24) is 10.2 Å². The number of carbonyl (C=O) groups is 1. The van der Waals surface area contributed by atoms with Crippen LogP contribution in [0.1, 0.15) is 67.2 Å². The maximum Gasteiger partial charge on any atom is 0.410 e. The van der Waals surface area contributed by atoms with Gasteiger partial charge in [0.05, 0.1) is 0 Å². The topological polar surface area (TPSA) is 41.6 Å². The van der Waals surface area contributed by atoms with Crippen LogP contribution in [-0.2, 0) is 4.74 Å². The van der Waals surface area contributed by atoms with E-state index in [4.69, 9.17) is 4.74 Å². The van der Waals surface area contributed by atoms with Crippen molar-refractivity contribution in [3.05, 3.63) is 0 Å². The molecule has 1 saturated carbocycles. The Bertz CT molecular complexity index is 361. The van der Waals surface area contributed by atoms with Crippen LogP contribution in [0.3, 0.4) is 0 Å². The van der Waals surface area contributed by atoms with Crippen molar-refractivity contribution in [3.63, 3.8) is 0 Å². The minimum absolute atomic E-state index is 0.239. The third-order valence-electron chi connectivity index (χ3n) is 4.51. The second kappa shape index (κ2) is 7.67. The number of nitrogens with zero attached hydrogens (tertiary/aromatic N) is 1. The number of nitrogens with one attached hydrogen (secondary N) is 1. The van der Waals surface area contributed by atoms with Crippen LogP contribution in [0.15, 0.2) is 0 Å². The maximum absolute atomic E-state index is 12.0. The van der Waals surface area contributed by atoms with Crippen molar-refractivity contribution in [2.24, 2.45) is 11.3 Å². The van der Waals surface area contributed by atoms with E-state index in [1.54, 1.807) is 4.90 Å². The van der Waals surface area contributed by atoms with E-state index in [1.807, 2.05) is 27.8 Å². The summed E-state index contributed by atoms with van der Waals surface area (Å²) in [5.74, 6) is 0.412. The Hall–Kier alpha value is -0.770. The van der Waals surface area contributed by atoms with Gasteiger partial charge in [0, 0.05) is 19.6 Å². The van der Waals surface area contributed by atoms with Crippen molar-refractivity contribution in [2.45, 2.75) is 78.9 Å². The Kier molecular flexibility index (Phi) is 6.72. The molecule has 2 unspecified atom stereocenters. The molecular weight excluding hydrogens is 276 g/mol. The van der Waals surface area contributed by atoms with Gasteiger partial charge in [0.25, 0.3) is 0 Å². The van der Waals surface area contributed by atoms with Crippen molar-refractivity contribution >= 4 is 6.09 Å². The lowest BCUT2D eigenvalue weighted by molar-refractivity contribution is 0.0274. The number of ether oxygens (including phenoxy) is 1. The summed E-state index contributed by atoms with van der Waals surface area (Å²) in [7, 11) is 1.81. The molecule has 0 saturated heterocycles. The Morgan fingerprint density at radius 1 is 1.36 bits per heavy atom. The molecule has 22 heavy (non-hydrogen) atoms. The van der Waals surface area contributed by atoms with Gasteiger partial charge in [-0.05, 0) is 51.5 Å². The molecule has 1 rings (SSSR count). The van der Waals surface area contributed by atoms with Crippen LogP contribution in [0.5, 0.6) is 0 Å². The molecule has 0 heterocycles. The van der Waals surface area contributed by atoms with Crippen molar-refractivity contribution < 1.29 is 9.53 Å². The average molecular weight is 312 g/mol. The molecule has 0 bridgehead atoms. The highest BCUT2D eigenvalue weighted by Crippen LogP contribution is 2.35. The molecule has 1 amide bonds. The van der Waals surface area contributed by atoms with Crippen LogP contribution in [0.2, 0.25) is 0 Å². The molecule has 0 spiro atoms. The number of hydrogen-bond acceptors (Lipinski definition) is 3. The highest BCUT2D eigenvalue weighted by Gasteiger charge is 2.32. The fraction of sp³-hybridized carbons (Fsp3) is 0.944. The summed E-state index contributed by atoms with van der Waals surface area (Å²) in [6.07, 6.45) is 5.01. The normalized spacial score (nSPS) is 23.0. The van der Waals surface area contributed by atoms with E-state index < -0.39 is 5.60 Å². The van der Waals surface area contributed by atoms with Crippen LogP contribution in [0.25, 0.3) is 0 Å². The molecule has 4 nitrogen and oxygen atoms in total. The van der Waals surface area contributed by atoms with Crippen LogP contribution >= 0.6 is 0 Å². The number of amides is 1. The number of carbonyl (C=O) groups excluding carboxylic acids is 1. The Morgan fingerprint density at radius 3 is 2.55 bits per heavy atom. The van der Waals surface area contributed by atoms with E-state index in [2.05, 4.69) is 26.1 Å². The monoisotopic (exact) mass is 312 g/mol. The Morgan fingerprint density at radius 2 is 2.00 bits per heavy atom. The van der Waals surface area contributed by atoms with Crippen LogP contribution in [-0.4, -0.2) is 42.8 Å². The maximum atomic E-state index is 12.0. The van der Waals surface area contributed by atoms with Gasteiger partial charge in [-0.25, -0.2) is 4.79 Å². The molecule has 0 aromatic carbocycles. The molecule has 0 aromatic rings. The third-order valence-corrected chi connectivity index (χ3v) is 4.51. The van der Waals surface area contributed by atoms with E-state index in [-0.39, 0.29) is 6.09 Å². The molecule has 1 N–H and O–H groups in total. The Labute approximate surface area is 137 Å². The lowest BCUT2D eigenvalue weighted by Gasteiger charge is -2.40. The first-order valence-corrected chi connectivity index (χ1v) is 8.69. The van der Waals surface area contributed by atoms with Gasteiger partial charge in [0.1, 0.15) is 5.60 Å². The molecular formula is C18H36N2O2. The van der Waals surface area contributed by atoms with E-state index in [1.165, 1.54) is 25.7 Å². The summed E-state index contributed by atoms with van der Waals surface area (Å²) in [6.45, 7) is 14.3. The molecule has 1 aliphatic carbocycles. The summed E-state index contributed by atoms with van der Waals surface area (Å²) >= 11 is 0. The zero-order valence-corrected chi connectivity index (χ0v) is 15.7. The van der Waals surface area contributed by atoms with Gasteiger partial charge in [-0.1, -0.05) is 33.6 Å². The predicted octanol–water partition coefficient (Wildman–Crippen LogP) is 4.05. The first kappa shape index (κ1) is 19.3. The summed E-state index contributed by atoms with van der Waals surface area (Å²) < 4.78 is 5.39. The van der Waals surface area contributed by atoms with Crippen LogP contribution < -0.4 is 5.32 Å². The van der Waals surface area contributed by atoms with E-state index in [0.717, 1.165) is 13.1 Å². The second-order valence-electron chi connectivity index (χ2n) is 8.66. The van der Waals surface area contributed by atoms with Gasteiger partial charge >= 0.3 is 6.09 Å². The quantitative estimate of drug-likeness (QED) is 0.832. The minimum Gasteiger partial charge on any atom is -0.444 e. The zero-order valence-electron chi connectivity index (χ0n) is 15.7. The van der Waals surface area contributed by atoms with Gasteiger partial charge < -0.3 is 15.0 Å². The lowest BCUT2D eigenvalue weighted by atomic mass is 9.73. The van der Waals surface area contributed by atoms with Gasteiger partial charge in [-0.15, -0.1) is 0 Å². The predicted molar refractivity (Wildman–Crippen MR) is 92.1 cm³/mol. The largest absolute Gasteiger partial charge is 0.444 e. The fourth-order valence-corrected chi connectivity index (χ4v) is 3.16.